The van der Waals surface area contributed by atoms with E-state index < -0.39 is 0 Å². The fourth-order valence-electron chi connectivity index (χ4n) is 3.72. The van der Waals surface area contributed by atoms with Gasteiger partial charge in [-0.05, 0) is 53.6 Å². The minimum Gasteiger partial charge on any atom is -0.464 e. The zero-order valence-electron chi connectivity index (χ0n) is 16.8. The second-order valence-electron chi connectivity index (χ2n) is 6.40. The Morgan fingerprint density at radius 3 is 2.35 bits per heavy atom. The molecule has 1 nitrogen and oxygen atoms in total. The summed E-state index contributed by atoms with van der Waals surface area (Å²) in [6.45, 7) is 10.4. The zero-order chi connectivity index (χ0) is 18.9. The molecule has 0 spiro atoms. The third-order valence-corrected chi connectivity index (χ3v) is 4.73. The van der Waals surface area contributed by atoms with E-state index in [-0.39, 0.29) is 0 Å². The average molecular weight is 349 g/mol. The van der Waals surface area contributed by atoms with Crippen molar-refractivity contribution in [2.45, 2.75) is 53.4 Å². The molecule has 0 saturated carbocycles. The molecule has 2 aromatic carbocycles. The maximum atomic E-state index is 5.55. The van der Waals surface area contributed by atoms with Gasteiger partial charge in [0.2, 0.25) is 0 Å². The van der Waals surface area contributed by atoms with Gasteiger partial charge in [0.15, 0.2) is 0 Å². The number of benzene rings is 2. The van der Waals surface area contributed by atoms with Gasteiger partial charge in [0, 0.05) is 11.5 Å². The van der Waals surface area contributed by atoms with Gasteiger partial charge < -0.3 is 4.42 Å². The second-order valence-corrected chi connectivity index (χ2v) is 6.40. The molecule has 3 aromatic rings. The molecule has 138 valence electrons. The lowest BCUT2D eigenvalue weighted by molar-refractivity contribution is 0.464. The van der Waals surface area contributed by atoms with Crippen molar-refractivity contribution in [3.8, 4) is 11.3 Å². The minimum absolute atomic E-state index is 0.495. The smallest absolute Gasteiger partial charge is 0.133 e. The van der Waals surface area contributed by atoms with Crippen molar-refractivity contribution in [2.75, 3.05) is 0 Å². The minimum atomic E-state index is 0.495. The highest BCUT2D eigenvalue weighted by atomic mass is 16.3. The van der Waals surface area contributed by atoms with Crippen molar-refractivity contribution >= 4 is 0 Å². The molecule has 0 saturated heterocycles. The van der Waals surface area contributed by atoms with Gasteiger partial charge in [0.05, 0.1) is 6.26 Å². The number of furan rings is 1. The van der Waals surface area contributed by atoms with Gasteiger partial charge in [-0.15, -0.1) is 0 Å². The van der Waals surface area contributed by atoms with E-state index in [1.54, 1.807) is 6.26 Å². The molecule has 0 radical (unpaired) electrons. The summed E-state index contributed by atoms with van der Waals surface area (Å²) in [5.41, 5.74) is 5.57. The lowest BCUT2D eigenvalue weighted by Gasteiger charge is -2.30. The molecule has 0 bridgehead atoms. The highest BCUT2D eigenvalue weighted by Crippen LogP contribution is 2.40. The standard InChI is InChI=1S/C21H20O.2C2H6/c1-15-12-16-6-2-3-9-19(16)20(13-15)17-7-4-8-18(14-17)21-10-5-11-22-21;2*1-2/h2-11,14-15,20H,12-13H2,1H3;2*1-2H3/t15-,20-;;/m0../s1. The molecule has 1 heterocycles. The highest BCUT2D eigenvalue weighted by Gasteiger charge is 2.25. The zero-order valence-corrected chi connectivity index (χ0v) is 16.8. The Hall–Kier alpha value is -2.28. The molecule has 0 fully saturated rings. The molecule has 0 unspecified atom stereocenters. The molecular formula is C25H32O. The highest BCUT2D eigenvalue weighted by molar-refractivity contribution is 5.59. The summed E-state index contributed by atoms with van der Waals surface area (Å²) in [6, 6.07) is 21.7. The van der Waals surface area contributed by atoms with Crippen molar-refractivity contribution in [1.29, 1.82) is 0 Å². The van der Waals surface area contributed by atoms with Gasteiger partial charge in [0.25, 0.3) is 0 Å². The molecular weight excluding hydrogens is 316 g/mol. The first-order valence-electron chi connectivity index (χ1n) is 10.0. The van der Waals surface area contributed by atoms with Crippen molar-refractivity contribution in [2.24, 2.45) is 5.92 Å². The van der Waals surface area contributed by atoms with Crippen LogP contribution in [0.5, 0.6) is 0 Å². The molecule has 1 heteroatoms. The first-order chi connectivity index (χ1) is 12.8. The van der Waals surface area contributed by atoms with Crippen LogP contribution in [0.25, 0.3) is 11.3 Å². The molecule has 1 aliphatic carbocycles. The number of fused-ring (bicyclic) bond motifs is 1. The van der Waals surface area contributed by atoms with E-state index in [0.717, 1.165) is 11.7 Å². The average Bonchev–Trinajstić information content (AvgIpc) is 3.25. The van der Waals surface area contributed by atoms with E-state index in [4.69, 9.17) is 4.42 Å². The van der Waals surface area contributed by atoms with Crippen LogP contribution in [0.15, 0.2) is 71.3 Å². The molecule has 4 rings (SSSR count). The predicted octanol–water partition coefficient (Wildman–Crippen LogP) is 7.71. The SMILES string of the molecule is CC.CC.C[C@H]1Cc2ccccc2[C@H](c2cccc(-c3ccco3)c2)C1. The Kier molecular flexibility index (Phi) is 7.72. The Morgan fingerprint density at radius 2 is 1.62 bits per heavy atom. The maximum absolute atomic E-state index is 5.55. The number of hydrogen-bond acceptors (Lipinski definition) is 1. The largest absolute Gasteiger partial charge is 0.464 e. The van der Waals surface area contributed by atoms with Crippen LogP contribution in [0.4, 0.5) is 0 Å². The fraction of sp³-hybridized carbons (Fsp3) is 0.360. The molecule has 1 aliphatic rings. The van der Waals surface area contributed by atoms with Crippen LogP contribution in [0.1, 0.15) is 63.6 Å². The van der Waals surface area contributed by atoms with E-state index in [1.807, 2.05) is 39.8 Å². The van der Waals surface area contributed by atoms with E-state index in [1.165, 1.54) is 35.1 Å². The molecule has 26 heavy (non-hydrogen) atoms. The Morgan fingerprint density at radius 1 is 0.846 bits per heavy atom. The quantitative estimate of drug-likeness (QED) is 0.462. The summed E-state index contributed by atoms with van der Waals surface area (Å²) < 4.78 is 5.55. The van der Waals surface area contributed by atoms with Crippen molar-refractivity contribution in [3.63, 3.8) is 0 Å². The lowest BCUT2D eigenvalue weighted by atomic mass is 9.74. The summed E-state index contributed by atoms with van der Waals surface area (Å²) in [6.07, 6.45) is 4.16. The summed E-state index contributed by atoms with van der Waals surface area (Å²) in [4.78, 5) is 0. The molecule has 1 aromatic heterocycles. The molecule has 2 atom stereocenters. The fourth-order valence-corrected chi connectivity index (χ4v) is 3.72. The Labute approximate surface area is 159 Å². The first kappa shape index (κ1) is 20.0. The van der Waals surface area contributed by atoms with Crippen molar-refractivity contribution in [3.05, 3.63) is 83.6 Å². The van der Waals surface area contributed by atoms with Gasteiger partial charge in [0.1, 0.15) is 5.76 Å². The van der Waals surface area contributed by atoms with Crippen molar-refractivity contribution < 1.29 is 4.42 Å². The summed E-state index contributed by atoms with van der Waals surface area (Å²) in [5, 5.41) is 0. The monoisotopic (exact) mass is 348 g/mol. The summed E-state index contributed by atoms with van der Waals surface area (Å²) in [7, 11) is 0. The van der Waals surface area contributed by atoms with Gasteiger partial charge in [-0.25, -0.2) is 0 Å². The van der Waals surface area contributed by atoms with Crippen LogP contribution in [0, 0.1) is 5.92 Å². The first-order valence-corrected chi connectivity index (χ1v) is 10.0. The van der Waals surface area contributed by atoms with E-state index in [9.17, 15) is 0 Å². The van der Waals surface area contributed by atoms with Gasteiger partial charge in [-0.1, -0.05) is 77.1 Å². The third kappa shape index (κ3) is 4.46. The van der Waals surface area contributed by atoms with E-state index in [0.29, 0.717) is 5.92 Å². The van der Waals surface area contributed by atoms with Crippen LogP contribution in [-0.2, 0) is 6.42 Å². The van der Waals surface area contributed by atoms with Crippen LogP contribution in [0.3, 0.4) is 0 Å². The number of hydrogen-bond donors (Lipinski definition) is 0. The normalized spacial score (nSPS) is 17.9. The van der Waals surface area contributed by atoms with Crippen molar-refractivity contribution in [1.82, 2.24) is 0 Å². The Bertz CT molecular complexity index is 770. The van der Waals surface area contributed by atoms with Gasteiger partial charge >= 0.3 is 0 Å². The van der Waals surface area contributed by atoms with Gasteiger partial charge in [-0.2, -0.15) is 0 Å². The topological polar surface area (TPSA) is 13.1 Å². The summed E-state index contributed by atoms with van der Waals surface area (Å²) >= 11 is 0. The predicted molar refractivity (Wildman–Crippen MR) is 113 cm³/mol. The molecule has 0 N–H and O–H groups in total. The van der Waals surface area contributed by atoms with Crippen LogP contribution in [0.2, 0.25) is 0 Å². The number of rotatable bonds is 2. The second kappa shape index (κ2) is 10.0. The van der Waals surface area contributed by atoms with E-state index in [2.05, 4.69) is 55.5 Å². The third-order valence-electron chi connectivity index (χ3n) is 4.73. The Balaban J connectivity index is 0.000000570. The molecule has 0 aliphatic heterocycles. The van der Waals surface area contributed by atoms with Crippen LogP contribution < -0.4 is 0 Å². The lowest BCUT2D eigenvalue weighted by Crippen LogP contribution is -2.17. The molecule has 0 amide bonds. The van der Waals surface area contributed by atoms with Crippen LogP contribution >= 0.6 is 0 Å². The van der Waals surface area contributed by atoms with Crippen LogP contribution in [-0.4, -0.2) is 0 Å². The van der Waals surface area contributed by atoms with Gasteiger partial charge in [-0.3, -0.25) is 0 Å². The maximum Gasteiger partial charge on any atom is 0.133 e. The van der Waals surface area contributed by atoms with E-state index >= 15 is 0 Å². The summed E-state index contributed by atoms with van der Waals surface area (Å²) in [5.74, 6) is 2.17.